The topological polar surface area (TPSA) is 83.8 Å². The summed E-state index contributed by atoms with van der Waals surface area (Å²) >= 11 is 5.35. The third kappa shape index (κ3) is 5.83. The van der Waals surface area contributed by atoms with E-state index in [9.17, 15) is 18.0 Å². The van der Waals surface area contributed by atoms with E-state index in [1.807, 2.05) is 0 Å². The highest BCUT2D eigenvalue weighted by molar-refractivity contribution is 14.1. The van der Waals surface area contributed by atoms with Crippen LogP contribution in [0.15, 0.2) is 40.0 Å². The van der Waals surface area contributed by atoms with Crippen molar-refractivity contribution < 1.29 is 27.8 Å². The molecule has 11 heteroatoms. The number of rotatable bonds is 6. The molecular formula is C15H10BrF3IN3O3. The Bertz CT molecular complexity index is 829. The van der Waals surface area contributed by atoms with Crippen LogP contribution in [0.5, 0.6) is 5.75 Å². The summed E-state index contributed by atoms with van der Waals surface area (Å²) in [6, 6.07) is 5.47. The number of aromatic nitrogens is 1. The normalized spacial score (nSPS) is 11.6. The molecular weight excluding hydrogens is 534 g/mol. The number of ether oxygens (including phenoxy) is 1. The van der Waals surface area contributed by atoms with Crippen LogP contribution in [0.4, 0.5) is 19.0 Å². The quantitative estimate of drug-likeness (QED) is 0.321. The number of hydrazone groups is 1. The van der Waals surface area contributed by atoms with Gasteiger partial charge in [0.05, 0.1) is 16.3 Å². The van der Waals surface area contributed by atoms with Crippen LogP contribution in [0.25, 0.3) is 0 Å². The molecule has 2 rings (SSSR count). The number of anilines is 1. The Morgan fingerprint density at radius 1 is 1.42 bits per heavy atom. The van der Waals surface area contributed by atoms with Crippen molar-refractivity contribution in [1.29, 1.82) is 0 Å². The van der Waals surface area contributed by atoms with Crippen LogP contribution < -0.4 is 10.2 Å². The van der Waals surface area contributed by atoms with E-state index in [-0.39, 0.29) is 11.6 Å². The van der Waals surface area contributed by atoms with Gasteiger partial charge < -0.3 is 9.84 Å². The molecule has 0 unspecified atom stereocenters. The Balaban J connectivity index is 2.15. The van der Waals surface area contributed by atoms with Gasteiger partial charge in [0.15, 0.2) is 6.61 Å². The lowest BCUT2D eigenvalue weighted by atomic mass is 10.2. The van der Waals surface area contributed by atoms with Crippen molar-refractivity contribution in [2.75, 3.05) is 12.0 Å². The van der Waals surface area contributed by atoms with E-state index < -0.39 is 24.3 Å². The van der Waals surface area contributed by atoms with Crippen molar-refractivity contribution in [2.45, 2.75) is 6.18 Å². The minimum atomic E-state index is -4.46. The van der Waals surface area contributed by atoms with E-state index >= 15 is 0 Å². The largest absolute Gasteiger partial charge is 0.480 e. The molecule has 1 aromatic carbocycles. The van der Waals surface area contributed by atoms with Crippen LogP contribution in [-0.2, 0) is 11.0 Å². The average Bonchev–Trinajstić information content (AvgIpc) is 2.53. The third-order valence-corrected chi connectivity index (χ3v) is 4.06. The molecule has 0 saturated heterocycles. The number of halogens is 5. The molecule has 0 saturated carbocycles. The van der Waals surface area contributed by atoms with Crippen LogP contribution in [0.3, 0.4) is 0 Å². The number of hydrogen-bond donors (Lipinski definition) is 2. The Morgan fingerprint density at radius 2 is 2.15 bits per heavy atom. The van der Waals surface area contributed by atoms with Gasteiger partial charge in [-0.15, -0.1) is 0 Å². The molecule has 0 spiro atoms. The summed E-state index contributed by atoms with van der Waals surface area (Å²) in [6.45, 7) is -0.534. The molecule has 1 heterocycles. The first-order valence-corrected chi connectivity index (χ1v) is 8.70. The van der Waals surface area contributed by atoms with Crippen molar-refractivity contribution >= 4 is 56.5 Å². The van der Waals surface area contributed by atoms with Gasteiger partial charge >= 0.3 is 12.1 Å². The maximum absolute atomic E-state index is 12.5. The molecule has 0 fully saturated rings. The predicted molar refractivity (Wildman–Crippen MR) is 100 cm³/mol. The van der Waals surface area contributed by atoms with E-state index in [1.165, 1.54) is 6.21 Å². The fourth-order valence-corrected chi connectivity index (χ4v) is 3.42. The number of carboxylic acid groups (broad SMARTS) is 1. The lowest BCUT2D eigenvalue weighted by molar-refractivity contribution is -0.139. The number of nitrogens with zero attached hydrogens (tertiary/aromatic N) is 2. The van der Waals surface area contributed by atoms with E-state index in [2.05, 4.69) is 54.0 Å². The van der Waals surface area contributed by atoms with Crippen molar-refractivity contribution in [3.05, 3.63) is 49.6 Å². The zero-order chi connectivity index (χ0) is 19.3. The van der Waals surface area contributed by atoms with E-state index in [0.717, 1.165) is 15.7 Å². The Morgan fingerprint density at radius 3 is 2.73 bits per heavy atom. The standard InChI is InChI=1S/C15H10BrF3IN3O3/c16-11-4-10(20)3-8(14(11)26-7-13(24)25)5-22-23-12-2-1-9(6-21-12)15(17,18)19/h1-6H,7H2,(H,21,23)(H,24,25)/b22-5-. The number of carbonyl (C=O) groups is 1. The van der Waals surface area contributed by atoms with Crippen LogP contribution in [0.1, 0.15) is 11.1 Å². The Labute approximate surface area is 167 Å². The summed E-state index contributed by atoms with van der Waals surface area (Å²) in [5, 5.41) is 12.6. The lowest BCUT2D eigenvalue weighted by Gasteiger charge is -2.10. The molecule has 138 valence electrons. The van der Waals surface area contributed by atoms with Crippen LogP contribution in [0, 0.1) is 3.57 Å². The SMILES string of the molecule is O=C(O)COc1c(Br)cc(I)cc1/C=N\Nc1ccc(C(F)(F)F)cn1. The van der Waals surface area contributed by atoms with Gasteiger partial charge in [0.2, 0.25) is 0 Å². The summed E-state index contributed by atoms with van der Waals surface area (Å²) in [5.41, 5.74) is 2.12. The number of hydrogen-bond acceptors (Lipinski definition) is 5. The second kappa shape index (κ2) is 8.66. The molecule has 0 aliphatic carbocycles. The molecule has 0 amide bonds. The maximum atomic E-state index is 12.5. The third-order valence-electron chi connectivity index (χ3n) is 2.85. The van der Waals surface area contributed by atoms with Crippen LogP contribution in [0.2, 0.25) is 0 Å². The monoisotopic (exact) mass is 543 g/mol. The molecule has 0 aliphatic heterocycles. The molecule has 1 aromatic heterocycles. The lowest BCUT2D eigenvalue weighted by Crippen LogP contribution is -2.11. The molecule has 0 bridgehead atoms. The van der Waals surface area contributed by atoms with E-state index in [1.54, 1.807) is 12.1 Å². The molecule has 26 heavy (non-hydrogen) atoms. The first kappa shape index (κ1) is 20.4. The average molecular weight is 544 g/mol. The molecule has 0 radical (unpaired) electrons. The molecule has 2 N–H and O–H groups in total. The highest BCUT2D eigenvalue weighted by Crippen LogP contribution is 2.31. The minimum absolute atomic E-state index is 0.118. The number of nitrogens with one attached hydrogen (secondary N) is 1. The van der Waals surface area contributed by atoms with Gasteiger partial charge in [0.1, 0.15) is 11.6 Å². The zero-order valence-corrected chi connectivity index (χ0v) is 16.5. The molecule has 2 aromatic rings. The summed E-state index contributed by atoms with van der Waals surface area (Å²) in [6.07, 6.45) is -2.41. The first-order chi connectivity index (χ1) is 12.2. The molecule has 0 aliphatic rings. The number of aliphatic carboxylic acids is 1. The first-order valence-electron chi connectivity index (χ1n) is 6.83. The predicted octanol–water partition coefficient (Wildman–Crippen LogP) is 4.38. The maximum Gasteiger partial charge on any atom is 0.417 e. The second-order valence-electron chi connectivity index (χ2n) is 4.79. The van der Waals surface area contributed by atoms with Gasteiger partial charge in [-0.1, -0.05) is 0 Å². The fourth-order valence-electron chi connectivity index (χ4n) is 1.76. The van der Waals surface area contributed by atoms with Crippen molar-refractivity contribution in [3.8, 4) is 5.75 Å². The zero-order valence-electron chi connectivity index (χ0n) is 12.7. The number of alkyl halides is 3. The van der Waals surface area contributed by atoms with Crippen molar-refractivity contribution in [2.24, 2.45) is 5.10 Å². The van der Waals surface area contributed by atoms with Crippen molar-refractivity contribution in [3.63, 3.8) is 0 Å². The summed E-state index contributed by atoms with van der Waals surface area (Å²) in [4.78, 5) is 14.3. The van der Waals surface area contributed by atoms with E-state index in [0.29, 0.717) is 16.2 Å². The number of benzene rings is 1. The summed E-state index contributed by atoms with van der Waals surface area (Å²) in [5.74, 6) is -0.740. The highest BCUT2D eigenvalue weighted by atomic mass is 127. The minimum Gasteiger partial charge on any atom is -0.480 e. The summed E-state index contributed by atoms with van der Waals surface area (Å²) in [7, 11) is 0. The fraction of sp³-hybridized carbons (Fsp3) is 0.133. The number of carboxylic acids is 1. The molecule has 0 atom stereocenters. The van der Waals surface area contributed by atoms with Gasteiger partial charge in [0, 0.05) is 15.3 Å². The van der Waals surface area contributed by atoms with Gasteiger partial charge in [0.25, 0.3) is 0 Å². The van der Waals surface area contributed by atoms with Crippen LogP contribution >= 0.6 is 38.5 Å². The van der Waals surface area contributed by atoms with Crippen LogP contribution in [-0.4, -0.2) is 28.9 Å². The highest BCUT2D eigenvalue weighted by Gasteiger charge is 2.30. The second-order valence-corrected chi connectivity index (χ2v) is 6.89. The van der Waals surface area contributed by atoms with Gasteiger partial charge in [-0.2, -0.15) is 18.3 Å². The van der Waals surface area contributed by atoms with Gasteiger partial charge in [-0.25, -0.2) is 9.78 Å². The molecule has 6 nitrogen and oxygen atoms in total. The summed E-state index contributed by atoms with van der Waals surface area (Å²) < 4.78 is 44.1. The van der Waals surface area contributed by atoms with Gasteiger partial charge in [-0.05, 0) is 62.8 Å². The van der Waals surface area contributed by atoms with Crippen molar-refractivity contribution in [1.82, 2.24) is 4.98 Å². The smallest absolute Gasteiger partial charge is 0.417 e. The Kier molecular flexibility index (Phi) is 6.81. The van der Waals surface area contributed by atoms with E-state index in [4.69, 9.17) is 9.84 Å². The Hall–Kier alpha value is -1.89. The van der Waals surface area contributed by atoms with Gasteiger partial charge in [-0.3, -0.25) is 5.43 Å². The number of pyridine rings is 1.